The Labute approximate surface area is 119 Å². The molecular weight excluding hydrogens is 256 g/mol. The molecule has 0 saturated heterocycles. The fraction of sp³-hybridized carbons (Fsp3) is 0.467. The monoisotopic (exact) mass is 276 g/mol. The number of methoxy groups -OCH3 is 1. The van der Waals surface area contributed by atoms with E-state index in [0.717, 1.165) is 12.8 Å². The first-order valence-corrected chi connectivity index (χ1v) is 6.64. The van der Waals surface area contributed by atoms with Crippen molar-refractivity contribution in [3.05, 3.63) is 23.8 Å². The molecule has 5 heteroatoms. The van der Waals surface area contributed by atoms with Crippen LogP contribution < -0.4 is 14.8 Å². The summed E-state index contributed by atoms with van der Waals surface area (Å²) in [5.74, 6) is 0.728. The molecular formula is C15H20N2O3. The van der Waals surface area contributed by atoms with Crippen molar-refractivity contribution in [1.82, 2.24) is 5.32 Å². The first-order chi connectivity index (χ1) is 9.62. The van der Waals surface area contributed by atoms with Gasteiger partial charge in [-0.3, -0.25) is 4.79 Å². The van der Waals surface area contributed by atoms with E-state index >= 15 is 0 Å². The minimum atomic E-state index is -0.617. The van der Waals surface area contributed by atoms with Gasteiger partial charge in [0.1, 0.15) is 0 Å². The van der Waals surface area contributed by atoms with E-state index in [1.807, 2.05) is 6.07 Å². The highest BCUT2D eigenvalue weighted by molar-refractivity contribution is 5.80. The lowest BCUT2D eigenvalue weighted by Gasteiger charge is -2.16. The summed E-state index contributed by atoms with van der Waals surface area (Å²) in [4.78, 5) is 11.8. The summed E-state index contributed by atoms with van der Waals surface area (Å²) in [7, 11) is 1.50. The van der Waals surface area contributed by atoms with Gasteiger partial charge < -0.3 is 14.8 Å². The second-order valence-corrected chi connectivity index (χ2v) is 4.38. The first-order valence-electron chi connectivity index (χ1n) is 6.64. The predicted octanol–water partition coefficient (Wildman–Crippen LogP) is 2.25. The molecule has 1 unspecified atom stereocenters. The third-order valence-electron chi connectivity index (χ3n) is 2.80. The Hall–Kier alpha value is -2.22. The van der Waals surface area contributed by atoms with Crippen molar-refractivity contribution in [1.29, 1.82) is 5.26 Å². The van der Waals surface area contributed by atoms with Gasteiger partial charge in [0.05, 0.1) is 18.7 Å². The molecule has 1 N–H and O–H groups in total. The maximum absolute atomic E-state index is 11.8. The fourth-order valence-corrected chi connectivity index (χ4v) is 1.61. The van der Waals surface area contributed by atoms with Gasteiger partial charge in [-0.2, -0.15) is 5.26 Å². The van der Waals surface area contributed by atoms with E-state index in [-0.39, 0.29) is 5.91 Å². The number of amides is 1. The highest BCUT2D eigenvalue weighted by atomic mass is 16.5. The molecule has 0 aliphatic rings. The Bertz CT molecular complexity index is 494. The number of hydrogen-bond acceptors (Lipinski definition) is 4. The van der Waals surface area contributed by atoms with E-state index < -0.39 is 6.10 Å². The minimum Gasteiger partial charge on any atom is -0.493 e. The van der Waals surface area contributed by atoms with Gasteiger partial charge in [-0.1, -0.05) is 13.3 Å². The van der Waals surface area contributed by atoms with Gasteiger partial charge in [-0.05, 0) is 25.5 Å². The smallest absolute Gasteiger partial charge is 0.260 e. The Balaban J connectivity index is 2.68. The maximum Gasteiger partial charge on any atom is 0.260 e. The number of rotatable bonds is 7. The van der Waals surface area contributed by atoms with Crippen LogP contribution >= 0.6 is 0 Å². The van der Waals surface area contributed by atoms with E-state index in [2.05, 4.69) is 12.2 Å². The largest absolute Gasteiger partial charge is 0.493 e. The second-order valence-electron chi connectivity index (χ2n) is 4.38. The summed E-state index contributed by atoms with van der Waals surface area (Å²) in [5, 5.41) is 11.6. The Morgan fingerprint density at radius 2 is 2.20 bits per heavy atom. The average Bonchev–Trinajstić information content (AvgIpc) is 2.47. The van der Waals surface area contributed by atoms with Crippen LogP contribution in [-0.4, -0.2) is 25.7 Å². The van der Waals surface area contributed by atoms with E-state index in [4.69, 9.17) is 14.7 Å². The zero-order valence-electron chi connectivity index (χ0n) is 12.1. The van der Waals surface area contributed by atoms with Crippen LogP contribution in [-0.2, 0) is 4.79 Å². The Morgan fingerprint density at radius 1 is 1.45 bits per heavy atom. The van der Waals surface area contributed by atoms with Crippen LogP contribution in [0, 0.1) is 11.3 Å². The zero-order chi connectivity index (χ0) is 15.0. The highest BCUT2D eigenvalue weighted by Gasteiger charge is 2.16. The van der Waals surface area contributed by atoms with Crippen LogP contribution in [0.5, 0.6) is 11.5 Å². The molecule has 0 aromatic heterocycles. The molecule has 5 nitrogen and oxygen atoms in total. The number of nitriles is 1. The summed E-state index contributed by atoms with van der Waals surface area (Å²) in [5.41, 5.74) is 0.481. The maximum atomic E-state index is 11.8. The molecule has 0 aliphatic heterocycles. The fourth-order valence-electron chi connectivity index (χ4n) is 1.61. The van der Waals surface area contributed by atoms with Crippen LogP contribution in [0.2, 0.25) is 0 Å². The van der Waals surface area contributed by atoms with Gasteiger partial charge in [0, 0.05) is 12.6 Å². The number of nitrogens with zero attached hydrogens (tertiary/aromatic N) is 1. The summed E-state index contributed by atoms with van der Waals surface area (Å²) in [6, 6.07) is 6.86. The third kappa shape index (κ3) is 4.47. The van der Waals surface area contributed by atoms with E-state index in [0.29, 0.717) is 23.6 Å². The molecule has 0 heterocycles. The van der Waals surface area contributed by atoms with Gasteiger partial charge in [-0.15, -0.1) is 0 Å². The van der Waals surface area contributed by atoms with Gasteiger partial charge in [-0.25, -0.2) is 0 Å². The standard InChI is InChI=1S/C15H20N2O3/c1-4-5-8-17-15(18)11(2)20-13-7-6-12(10-16)9-14(13)19-3/h6-7,9,11H,4-5,8H2,1-3H3,(H,17,18). The molecule has 1 aromatic carbocycles. The van der Waals surface area contributed by atoms with Crippen molar-refractivity contribution in [2.45, 2.75) is 32.8 Å². The van der Waals surface area contributed by atoms with Crippen molar-refractivity contribution in [2.24, 2.45) is 0 Å². The summed E-state index contributed by atoms with van der Waals surface area (Å²) in [6.45, 7) is 4.39. The topological polar surface area (TPSA) is 71.3 Å². The van der Waals surface area contributed by atoms with Crippen LogP contribution in [0.1, 0.15) is 32.3 Å². The van der Waals surface area contributed by atoms with Crippen molar-refractivity contribution in [3.8, 4) is 17.6 Å². The van der Waals surface area contributed by atoms with Crippen molar-refractivity contribution in [2.75, 3.05) is 13.7 Å². The molecule has 0 spiro atoms. The van der Waals surface area contributed by atoms with Crippen LogP contribution in [0.3, 0.4) is 0 Å². The van der Waals surface area contributed by atoms with Crippen molar-refractivity contribution < 1.29 is 14.3 Å². The van der Waals surface area contributed by atoms with E-state index in [9.17, 15) is 4.79 Å². The van der Waals surface area contributed by atoms with Crippen LogP contribution in [0.15, 0.2) is 18.2 Å². The summed E-state index contributed by atoms with van der Waals surface area (Å²) in [6.07, 6.45) is 1.35. The summed E-state index contributed by atoms with van der Waals surface area (Å²) >= 11 is 0. The molecule has 0 aliphatic carbocycles. The first kappa shape index (κ1) is 15.8. The molecule has 0 fully saturated rings. The Kier molecular flexibility index (Phi) is 6.38. The van der Waals surface area contributed by atoms with Crippen LogP contribution in [0.4, 0.5) is 0 Å². The minimum absolute atomic E-state index is 0.162. The number of benzene rings is 1. The molecule has 1 rings (SSSR count). The number of ether oxygens (including phenoxy) is 2. The highest BCUT2D eigenvalue weighted by Crippen LogP contribution is 2.28. The molecule has 1 atom stereocenters. The summed E-state index contributed by atoms with van der Waals surface area (Å²) < 4.78 is 10.7. The number of unbranched alkanes of at least 4 members (excludes halogenated alkanes) is 1. The number of nitrogens with one attached hydrogen (secondary N) is 1. The second kappa shape index (κ2) is 8.05. The number of carbonyl (C=O) groups is 1. The van der Waals surface area contributed by atoms with Crippen LogP contribution in [0.25, 0.3) is 0 Å². The van der Waals surface area contributed by atoms with E-state index in [1.165, 1.54) is 7.11 Å². The molecule has 1 aromatic rings. The van der Waals surface area contributed by atoms with Gasteiger partial charge in [0.15, 0.2) is 17.6 Å². The van der Waals surface area contributed by atoms with Crippen molar-refractivity contribution in [3.63, 3.8) is 0 Å². The van der Waals surface area contributed by atoms with E-state index in [1.54, 1.807) is 25.1 Å². The SMILES string of the molecule is CCCCNC(=O)C(C)Oc1ccc(C#N)cc1OC. The lowest BCUT2D eigenvalue weighted by molar-refractivity contribution is -0.127. The molecule has 108 valence electrons. The third-order valence-corrected chi connectivity index (χ3v) is 2.80. The zero-order valence-corrected chi connectivity index (χ0v) is 12.1. The molecule has 1 amide bonds. The molecule has 0 saturated carbocycles. The quantitative estimate of drug-likeness (QED) is 0.775. The lowest BCUT2D eigenvalue weighted by Crippen LogP contribution is -2.36. The Morgan fingerprint density at radius 3 is 2.80 bits per heavy atom. The normalized spacial score (nSPS) is 11.3. The van der Waals surface area contributed by atoms with Gasteiger partial charge >= 0.3 is 0 Å². The molecule has 20 heavy (non-hydrogen) atoms. The lowest BCUT2D eigenvalue weighted by atomic mass is 10.2. The van der Waals surface area contributed by atoms with Gasteiger partial charge in [0.25, 0.3) is 5.91 Å². The number of hydrogen-bond donors (Lipinski definition) is 1. The number of carbonyl (C=O) groups excluding carboxylic acids is 1. The predicted molar refractivity (Wildman–Crippen MR) is 75.7 cm³/mol. The average molecular weight is 276 g/mol. The molecule has 0 bridgehead atoms. The molecule has 0 radical (unpaired) electrons. The van der Waals surface area contributed by atoms with Crippen molar-refractivity contribution >= 4 is 5.91 Å². The van der Waals surface area contributed by atoms with Gasteiger partial charge in [0.2, 0.25) is 0 Å².